The van der Waals surface area contributed by atoms with Crippen LogP contribution >= 0.6 is 22.7 Å². The Kier molecular flexibility index (Phi) is 7.99. The minimum absolute atomic E-state index is 0.898. The lowest BCUT2D eigenvalue weighted by atomic mass is 9.90. The Balaban J connectivity index is 1.07. The van der Waals surface area contributed by atoms with Crippen molar-refractivity contribution in [1.82, 2.24) is 0 Å². The van der Waals surface area contributed by atoms with Crippen molar-refractivity contribution in [3.05, 3.63) is 212 Å². The van der Waals surface area contributed by atoms with Crippen LogP contribution in [0.1, 0.15) is 0 Å². The van der Waals surface area contributed by atoms with Crippen molar-refractivity contribution >= 4 is 113 Å². The first kappa shape index (κ1) is 35.3. The molecule has 0 spiro atoms. The van der Waals surface area contributed by atoms with Gasteiger partial charge in [0, 0.05) is 68.1 Å². The number of nitrogens with zero attached hydrogens (tertiary/aromatic N) is 1. The fourth-order valence-electron chi connectivity index (χ4n) is 9.52. The Morgan fingerprint density at radius 3 is 1.77 bits per heavy atom. The first-order valence-corrected chi connectivity index (χ1v) is 22.6. The van der Waals surface area contributed by atoms with Crippen LogP contribution in [0.3, 0.4) is 0 Å². The Labute approximate surface area is 365 Å². The molecule has 3 heterocycles. The lowest BCUT2D eigenvalue weighted by Gasteiger charge is -2.30. The van der Waals surface area contributed by atoms with Crippen LogP contribution in [-0.2, 0) is 0 Å². The van der Waals surface area contributed by atoms with Gasteiger partial charge in [0.05, 0.1) is 5.69 Å². The number of hydrogen-bond acceptors (Lipinski definition) is 4. The first-order valence-electron chi connectivity index (χ1n) is 21.0. The molecule has 3 aromatic heterocycles. The van der Waals surface area contributed by atoms with Crippen molar-refractivity contribution in [2.24, 2.45) is 0 Å². The molecule has 4 heteroatoms. The van der Waals surface area contributed by atoms with E-state index in [4.69, 9.17) is 4.42 Å². The van der Waals surface area contributed by atoms with E-state index in [1.165, 1.54) is 73.4 Å². The number of rotatable bonds is 6. The molecular weight excluding hydrogens is 791 g/mol. The number of anilines is 3. The van der Waals surface area contributed by atoms with Crippen molar-refractivity contribution in [3.8, 4) is 33.4 Å². The van der Waals surface area contributed by atoms with E-state index in [2.05, 4.69) is 205 Å². The molecule has 0 aliphatic heterocycles. The molecule has 13 rings (SSSR count). The maximum atomic E-state index is 6.24. The van der Waals surface area contributed by atoms with Crippen molar-refractivity contribution < 1.29 is 4.42 Å². The maximum absolute atomic E-state index is 6.24. The van der Waals surface area contributed by atoms with Crippen molar-refractivity contribution in [2.75, 3.05) is 4.90 Å². The summed E-state index contributed by atoms with van der Waals surface area (Å²) >= 11 is 3.72. The van der Waals surface area contributed by atoms with Crippen molar-refractivity contribution in [1.29, 1.82) is 0 Å². The zero-order valence-corrected chi connectivity index (χ0v) is 35.0. The van der Waals surface area contributed by atoms with Gasteiger partial charge in [-0.2, -0.15) is 0 Å². The molecule has 0 fully saturated rings. The van der Waals surface area contributed by atoms with E-state index < -0.39 is 0 Å². The van der Waals surface area contributed by atoms with Crippen LogP contribution in [0.5, 0.6) is 0 Å². The third-order valence-corrected chi connectivity index (χ3v) is 14.7. The summed E-state index contributed by atoms with van der Waals surface area (Å²) in [6.45, 7) is 0. The van der Waals surface area contributed by atoms with Gasteiger partial charge >= 0.3 is 0 Å². The second-order valence-corrected chi connectivity index (χ2v) is 18.2. The summed E-state index contributed by atoms with van der Waals surface area (Å²) < 4.78 is 11.4. The van der Waals surface area contributed by atoms with Crippen LogP contribution < -0.4 is 4.90 Å². The molecule has 0 aliphatic rings. The minimum atomic E-state index is 0.898. The highest BCUT2D eigenvalue weighted by Crippen LogP contribution is 2.49. The van der Waals surface area contributed by atoms with Gasteiger partial charge in [-0.25, -0.2) is 0 Å². The molecule has 13 aromatic rings. The van der Waals surface area contributed by atoms with E-state index in [0.29, 0.717) is 0 Å². The second kappa shape index (κ2) is 14.0. The molecule has 0 amide bonds. The van der Waals surface area contributed by atoms with Gasteiger partial charge in [-0.1, -0.05) is 140 Å². The van der Waals surface area contributed by atoms with Gasteiger partial charge in [-0.05, 0) is 111 Å². The number of thiophene rings is 2. The Bertz CT molecular complexity index is 3900. The molecule has 62 heavy (non-hydrogen) atoms. The summed E-state index contributed by atoms with van der Waals surface area (Å²) in [5.74, 6) is 0. The minimum Gasteiger partial charge on any atom is -0.456 e. The Morgan fingerprint density at radius 2 is 0.935 bits per heavy atom. The van der Waals surface area contributed by atoms with E-state index in [1.54, 1.807) is 0 Å². The predicted octanol–water partition coefficient (Wildman–Crippen LogP) is 17.9. The molecule has 0 saturated carbocycles. The molecule has 0 unspecified atom stereocenters. The highest BCUT2D eigenvalue weighted by atomic mass is 32.1. The van der Waals surface area contributed by atoms with Crippen LogP contribution in [-0.4, -0.2) is 0 Å². The number of hydrogen-bond donors (Lipinski definition) is 0. The quantitative estimate of drug-likeness (QED) is 0.166. The summed E-state index contributed by atoms with van der Waals surface area (Å²) in [5.41, 5.74) is 12.1. The number of furan rings is 1. The van der Waals surface area contributed by atoms with E-state index >= 15 is 0 Å². The van der Waals surface area contributed by atoms with Crippen LogP contribution in [0, 0.1) is 0 Å². The number of benzene rings is 10. The number of fused-ring (bicyclic) bond motifs is 10. The normalized spacial score (nSPS) is 11.9. The van der Waals surface area contributed by atoms with Gasteiger partial charge in [-0.15, -0.1) is 22.7 Å². The van der Waals surface area contributed by atoms with Gasteiger partial charge in [0.1, 0.15) is 11.2 Å². The zero-order valence-electron chi connectivity index (χ0n) is 33.4. The SMILES string of the molecule is c1cc(-c2ccc3oc4ccccc4c3c2)cc(N(c2ccc3c(c2)sc2ccccc23)c2cccc(-c3ccc4c(c3)sc3ccccc34)c2-c2ccc3ccccc3c2)c1. The molecule has 290 valence electrons. The third-order valence-electron chi connectivity index (χ3n) is 12.4. The first-order chi connectivity index (χ1) is 30.7. The molecule has 0 atom stereocenters. The third kappa shape index (κ3) is 5.69. The van der Waals surface area contributed by atoms with Gasteiger partial charge in [0.2, 0.25) is 0 Å². The largest absolute Gasteiger partial charge is 0.456 e. The lowest BCUT2D eigenvalue weighted by molar-refractivity contribution is 0.669. The summed E-state index contributed by atoms with van der Waals surface area (Å²) in [6.07, 6.45) is 0. The van der Waals surface area contributed by atoms with Gasteiger partial charge in [0.25, 0.3) is 0 Å². The summed E-state index contributed by atoms with van der Waals surface area (Å²) in [4.78, 5) is 2.48. The molecular formula is C58H35NOS2. The van der Waals surface area contributed by atoms with E-state index in [0.717, 1.165) is 50.1 Å². The Morgan fingerprint density at radius 1 is 0.323 bits per heavy atom. The maximum Gasteiger partial charge on any atom is 0.135 e. The van der Waals surface area contributed by atoms with Gasteiger partial charge in [-0.3, -0.25) is 0 Å². The van der Waals surface area contributed by atoms with Crippen LogP contribution in [0.2, 0.25) is 0 Å². The molecule has 0 saturated heterocycles. The standard InChI is InChI=1S/C58H35NOS2/c1-2-12-37-31-41(24-23-36(37)11-1)58-44(40-25-28-48-46-16-4-7-21-54(46)61-56(48)34-40)18-10-19-51(58)59(43-27-29-49-47-17-5-8-22-55(47)62-57(49)35-43)42-14-9-13-38(32-42)39-26-30-53-50(33-39)45-15-3-6-20-52(45)60-53/h1-35H. The van der Waals surface area contributed by atoms with Crippen molar-refractivity contribution in [3.63, 3.8) is 0 Å². The molecule has 0 radical (unpaired) electrons. The van der Waals surface area contributed by atoms with E-state index in [9.17, 15) is 0 Å². The molecule has 0 N–H and O–H groups in total. The summed E-state index contributed by atoms with van der Waals surface area (Å²) in [6, 6.07) is 77.9. The fraction of sp³-hybridized carbons (Fsp3) is 0. The van der Waals surface area contributed by atoms with Gasteiger partial charge in [0.15, 0.2) is 0 Å². The predicted molar refractivity (Wildman–Crippen MR) is 268 cm³/mol. The molecule has 10 aromatic carbocycles. The van der Waals surface area contributed by atoms with Gasteiger partial charge < -0.3 is 9.32 Å². The highest BCUT2D eigenvalue weighted by Gasteiger charge is 2.23. The zero-order chi connectivity index (χ0) is 40.7. The van der Waals surface area contributed by atoms with Crippen LogP contribution in [0.15, 0.2) is 217 Å². The van der Waals surface area contributed by atoms with E-state index in [1.807, 2.05) is 34.8 Å². The summed E-state index contributed by atoms with van der Waals surface area (Å²) in [7, 11) is 0. The number of para-hydroxylation sites is 1. The second-order valence-electron chi connectivity index (χ2n) is 16.0. The average molecular weight is 826 g/mol. The average Bonchev–Trinajstić information content (AvgIpc) is 4.02. The molecule has 2 nitrogen and oxygen atoms in total. The highest BCUT2D eigenvalue weighted by molar-refractivity contribution is 7.26. The van der Waals surface area contributed by atoms with Crippen LogP contribution in [0.4, 0.5) is 17.1 Å². The smallest absolute Gasteiger partial charge is 0.135 e. The van der Waals surface area contributed by atoms with E-state index in [-0.39, 0.29) is 0 Å². The summed E-state index contributed by atoms with van der Waals surface area (Å²) in [5, 5.41) is 9.88. The lowest BCUT2D eigenvalue weighted by Crippen LogP contribution is -2.12. The molecule has 0 aliphatic carbocycles. The topological polar surface area (TPSA) is 16.4 Å². The molecule has 0 bridgehead atoms. The monoisotopic (exact) mass is 825 g/mol. The van der Waals surface area contributed by atoms with Crippen LogP contribution in [0.25, 0.3) is 106 Å². The van der Waals surface area contributed by atoms with Crippen molar-refractivity contribution in [2.45, 2.75) is 0 Å². The fourth-order valence-corrected chi connectivity index (χ4v) is 11.8. The Hall–Kier alpha value is -7.50.